The lowest BCUT2D eigenvalue weighted by Crippen LogP contribution is -2.28. The van der Waals surface area contributed by atoms with Crippen molar-refractivity contribution in [3.8, 4) is 44.5 Å². The van der Waals surface area contributed by atoms with Crippen LogP contribution < -0.4 is 0 Å². The van der Waals surface area contributed by atoms with Gasteiger partial charge < -0.3 is 0 Å². The summed E-state index contributed by atoms with van der Waals surface area (Å²) in [6.07, 6.45) is 0.826. The van der Waals surface area contributed by atoms with Crippen molar-refractivity contribution >= 4 is 21.5 Å². The van der Waals surface area contributed by atoms with Crippen LogP contribution in [0.5, 0.6) is 0 Å². The highest BCUT2D eigenvalue weighted by atomic mass is 14.5. The molecule has 0 saturated carbocycles. The Labute approximate surface area is 364 Å². The first kappa shape index (κ1) is 36.6. The zero-order chi connectivity index (χ0) is 41.6. The van der Waals surface area contributed by atoms with E-state index in [1.165, 1.54) is 116 Å². The van der Waals surface area contributed by atoms with Crippen LogP contribution >= 0.6 is 0 Å². The van der Waals surface area contributed by atoms with Gasteiger partial charge in [-0.15, -0.1) is 0 Å². The van der Waals surface area contributed by atoms with Crippen molar-refractivity contribution in [2.24, 2.45) is 0 Å². The molecule has 10 aromatic carbocycles. The first-order valence-corrected chi connectivity index (χ1v) is 22.1. The third-order valence-corrected chi connectivity index (χ3v) is 14.4. The van der Waals surface area contributed by atoms with Gasteiger partial charge in [0, 0.05) is 5.41 Å². The number of fused-ring (bicyclic) bond motifs is 8. The van der Waals surface area contributed by atoms with Crippen molar-refractivity contribution < 1.29 is 0 Å². The fraction of sp³-hybridized carbons (Fsp3) is 0.0968. The maximum absolute atomic E-state index is 2.50. The van der Waals surface area contributed by atoms with E-state index < -0.39 is 5.41 Å². The van der Waals surface area contributed by atoms with Gasteiger partial charge >= 0.3 is 0 Å². The highest BCUT2D eigenvalue weighted by molar-refractivity contribution is 6.04. The standard InChI is InChI=1S/C62H46/c1-40-31-34-48(49-23-9-7-21-46(40)49)43-33-36-53-52-25-11-14-29-57(52)62(59(53)39-43,44-18-5-4-6-19-44)45-20-15-17-41(38-45)37-42-32-35-51(50-24-10-8-22-47(42)50)54-27-16-30-58-60(54)55-26-12-13-28-56(55)61(58,2)3/h4-36,38-39H,37H2,1-3H3. The lowest BCUT2D eigenvalue weighted by atomic mass is 9.67. The van der Waals surface area contributed by atoms with Crippen molar-refractivity contribution in [3.63, 3.8) is 0 Å². The molecular weight excluding hydrogens is 745 g/mol. The van der Waals surface area contributed by atoms with Crippen LogP contribution in [-0.2, 0) is 17.3 Å². The summed E-state index contributed by atoms with van der Waals surface area (Å²) in [6, 6.07) is 80.1. The summed E-state index contributed by atoms with van der Waals surface area (Å²) in [5.41, 5.74) is 21.9. The number of benzene rings is 10. The summed E-state index contributed by atoms with van der Waals surface area (Å²) in [5.74, 6) is 0. The molecule has 10 aromatic rings. The molecule has 1 atom stereocenters. The molecule has 0 aliphatic heterocycles. The van der Waals surface area contributed by atoms with E-state index in [0.29, 0.717) is 0 Å². The summed E-state index contributed by atoms with van der Waals surface area (Å²) >= 11 is 0. The van der Waals surface area contributed by atoms with Crippen molar-refractivity contribution in [3.05, 3.63) is 262 Å². The van der Waals surface area contributed by atoms with E-state index in [0.717, 1.165) is 6.42 Å². The quantitative estimate of drug-likeness (QED) is 0.157. The van der Waals surface area contributed by atoms with Gasteiger partial charge in [-0.2, -0.15) is 0 Å². The van der Waals surface area contributed by atoms with Gasteiger partial charge in [-0.1, -0.05) is 220 Å². The Morgan fingerprint density at radius 3 is 1.76 bits per heavy atom. The van der Waals surface area contributed by atoms with Gasteiger partial charge in [-0.25, -0.2) is 0 Å². The number of aryl methyl sites for hydroxylation is 1. The molecule has 2 aliphatic rings. The molecule has 2 aliphatic carbocycles. The van der Waals surface area contributed by atoms with Gasteiger partial charge in [0.15, 0.2) is 0 Å². The van der Waals surface area contributed by atoms with Gasteiger partial charge in [0.05, 0.1) is 5.41 Å². The molecule has 0 nitrogen and oxygen atoms in total. The molecule has 0 fully saturated rings. The lowest BCUT2D eigenvalue weighted by Gasteiger charge is -2.34. The molecule has 0 saturated heterocycles. The number of hydrogen-bond donors (Lipinski definition) is 0. The predicted molar refractivity (Wildman–Crippen MR) is 261 cm³/mol. The Balaban J connectivity index is 1.02. The highest BCUT2D eigenvalue weighted by Crippen LogP contribution is 2.57. The zero-order valence-corrected chi connectivity index (χ0v) is 35.4. The molecule has 0 aromatic heterocycles. The van der Waals surface area contributed by atoms with Gasteiger partial charge in [0.1, 0.15) is 0 Å². The highest BCUT2D eigenvalue weighted by Gasteiger charge is 2.46. The summed E-state index contributed by atoms with van der Waals surface area (Å²) in [5, 5.41) is 5.20. The minimum atomic E-state index is -0.511. The largest absolute Gasteiger partial charge is 0.0713 e. The average Bonchev–Trinajstić information content (AvgIpc) is 3.75. The Morgan fingerprint density at radius 2 is 0.935 bits per heavy atom. The van der Waals surface area contributed by atoms with Gasteiger partial charge in [0.2, 0.25) is 0 Å². The third-order valence-electron chi connectivity index (χ3n) is 14.4. The van der Waals surface area contributed by atoms with Crippen molar-refractivity contribution in [2.45, 2.75) is 38.0 Å². The zero-order valence-electron chi connectivity index (χ0n) is 35.4. The van der Waals surface area contributed by atoms with Crippen molar-refractivity contribution in [2.75, 3.05) is 0 Å². The second-order valence-corrected chi connectivity index (χ2v) is 18.0. The van der Waals surface area contributed by atoms with Crippen molar-refractivity contribution in [1.29, 1.82) is 0 Å². The van der Waals surface area contributed by atoms with Crippen LogP contribution in [-0.4, -0.2) is 0 Å². The Hall–Kier alpha value is -7.28. The smallest absolute Gasteiger partial charge is 0.0622 e. The molecule has 0 heterocycles. The van der Waals surface area contributed by atoms with Gasteiger partial charge in [0.25, 0.3) is 0 Å². The minimum absolute atomic E-state index is 0.0449. The Morgan fingerprint density at radius 1 is 0.355 bits per heavy atom. The minimum Gasteiger partial charge on any atom is -0.0622 e. The molecular formula is C62H46. The lowest BCUT2D eigenvalue weighted by molar-refractivity contribution is 0.660. The molecule has 0 heteroatoms. The molecule has 62 heavy (non-hydrogen) atoms. The van der Waals surface area contributed by atoms with Crippen LogP contribution in [0.3, 0.4) is 0 Å². The van der Waals surface area contributed by atoms with Gasteiger partial charge in [-0.05, 0) is 136 Å². The SMILES string of the molecule is Cc1ccc(-c2ccc3c(c2)C(c2ccccc2)(c2cccc(Cc4ccc(-c5cccc6c5-c5ccccc5C6(C)C)c5ccccc45)c2)c2ccccc2-3)c2ccccc12. The molecule has 0 spiro atoms. The fourth-order valence-electron chi connectivity index (χ4n) is 11.5. The number of hydrogen-bond acceptors (Lipinski definition) is 0. The van der Waals surface area contributed by atoms with E-state index >= 15 is 0 Å². The van der Waals surface area contributed by atoms with Crippen LogP contribution in [0.15, 0.2) is 212 Å². The maximum Gasteiger partial charge on any atom is 0.0713 e. The third kappa shape index (κ3) is 5.26. The molecule has 294 valence electrons. The molecule has 12 rings (SSSR count). The molecule has 0 radical (unpaired) electrons. The molecule has 0 bridgehead atoms. The Bertz CT molecular complexity index is 3420. The molecule has 1 unspecified atom stereocenters. The monoisotopic (exact) mass is 790 g/mol. The van der Waals surface area contributed by atoms with E-state index in [9.17, 15) is 0 Å². The van der Waals surface area contributed by atoms with Crippen LogP contribution in [0.4, 0.5) is 0 Å². The average molecular weight is 791 g/mol. The number of rotatable bonds is 6. The molecule has 0 N–H and O–H groups in total. The summed E-state index contributed by atoms with van der Waals surface area (Å²) in [6.45, 7) is 6.95. The van der Waals surface area contributed by atoms with E-state index in [4.69, 9.17) is 0 Å². The molecule has 0 amide bonds. The fourth-order valence-corrected chi connectivity index (χ4v) is 11.5. The van der Waals surface area contributed by atoms with Crippen LogP contribution in [0.2, 0.25) is 0 Å². The topological polar surface area (TPSA) is 0 Å². The second-order valence-electron chi connectivity index (χ2n) is 18.0. The summed E-state index contributed by atoms with van der Waals surface area (Å²) in [7, 11) is 0. The van der Waals surface area contributed by atoms with Gasteiger partial charge in [-0.3, -0.25) is 0 Å². The van der Waals surface area contributed by atoms with E-state index in [2.05, 4.69) is 233 Å². The summed E-state index contributed by atoms with van der Waals surface area (Å²) < 4.78 is 0. The second kappa shape index (κ2) is 13.9. The Kier molecular flexibility index (Phi) is 8.18. The summed E-state index contributed by atoms with van der Waals surface area (Å²) in [4.78, 5) is 0. The van der Waals surface area contributed by atoms with Crippen molar-refractivity contribution in [1.82, 2.24) is 0 Å². The van der Waals surface area contributed by atoms with Crippen LogP contribution in [0.25, 0.3) is 66.1 Å². The normalized spacial score (nSPS) is 15.6. The maximum atomic E-state index is 2.50. The van der Waals surface area contributed by atoms with Crippen LogP contribution in [0, 0.1) is 6.92 Å². The first-order chi connectivity index (χ1) is 30.4. The van der Waals surface area contributed by atoms with E-state index in [1.54, 1.807) is 0 Å². The predicted octanol–water partition coefficient (Wildman–Crippen LogP) is 15.9. The van der Waals surface area contributed by atoms with E-state index in [1.807, 2.05) is 0 Å². The van der Waals surface area contributed by atoms with Crippen LogP contribution in [0.1, 0.15) is 63.9 Å². The van der Waals surface area contributed by atoms with E-state index in [-0.39, 0.29) is 5.41 Å². The first-order valence-electron chi connectivity index (χ1n) is 22.1.